The van der Waals surface area contributed by atoms with E-state index in [0.717, 1.165) is 22.3 Å². The molecule has 0 fully saturated rings. The molecule has 0 saturated carbocycles. The zero-order chi connectivity index (χ0) is 34.6. The Morgan fingerprint density at radius 3 is 1.98 bits per heavy atom. The number of fused-ring (bicyclic) bond motifs is 3. The van der Waals surface area contributed by atoms with E-state index in [-0.39, 0.29) is 55.1 Å². The molecule has 6 N–H and O–H groups in total. The molecule has 11 heteroatoms. The summed E-state index contributed by atoms with van der Waals surface area (Å²) in [4.78, 5) is 61.7. The summed E-state index contributed by atoms with van der Waals surface area (Å²) in [6.45, 7) is 4.64. The van der Waals surface area contributed by atoms with Gasteiger partial charge < -0.3 is 31.5 Å². The number of urea groups is 1. The molecule has 1 aliphatic carbocycles. The van der Waals surface area contributed by atoms with E-state index < -0.39 is 30.1 Å². The Bertz CT molecular complexity index is 1560. The summed E-state index contributed by atoms with van der Waals surface area (Å²) in [5.74, 6) is -2.05. The van der Waals surface area contributed by atoms with Gasteiger partial charge in [-0.3, -0.25) is 9.59 Å². The van der Waals surface area contributed by atoms with Crippen LogP contribution in [0, 0.1) is 11.8 Å². The van der Waals surface area contributed by atoms with Crippen molar-refractivity contribution in [2.75, 3.05) is 19.7 Å². The van der Waals surface area contributed by atoms with Crippen molar-refractivity contribution in [3.63, 3.8) is 0 Å². The van der Waals surface area contributed by atoms with Crippen LogP contribution in [0.1, 0.15) is 72.5 Å². The first kappa shape index (κ1) is 35.7. The highest BCUT2D eigenvalue weighted by Gasteiger charge is 2.30. The standard InChI is InChI=1S/C37H44N4O7/c1-23(2)26(13-7-20-40-37(47)48-22-31-29-11-5-3-9-27(29)28-10-4-6-12-30(28)31)34(43)41-32(14-8-19-39-36(38)46)33(42)21-24-15-17-25(18-16-24)35(44)45/h3-6,9-12,15-18,23,26,31-32H,7-8,13-14,19-22H2,1-2H3,(H,40,47)(H,41,43)(H,44,45)(H3,38,39,46)/t26-,32-/m0/s1. The highest BCUT2D eigenvalue weighted by molar-refractivity contribution is 5.91. The largest absolute Gasteiger partial charge is 0.478 e. The number of nitrogens with one attached hydrogen (secondary N) is 3. The molecule has 4 rings (SSSR count). The summed E-state index contributed by atoms with van der Waals surface area (Å²) in [5.41, 5.74) is 10.5. The van der Waals surface area contributed by atoms with Crippen molar-refractivity contribution in [1.29, 1.82) is 0 Å². The fourth-order valence-corrected chi connectivity index (χ4v) is 6.13. The van der Waals surface area contributed by atoms with E-state index in [0.29, 0.717) is 31.4 Å². The van der Waals surface area contributed by atoms with Gasteiger partial charge in [0.1, 0.15) is 6.61 Å². The van der Waals surface area contributed by atoms with Gasteiger partial charge in [0, 0.05) is 31.3 Å². The summed E-state index contributed by atoms with van der Waals surface area (Å²) in [5, 5.41) is 17.4. The fraction of sp³-hybridized carbons (Fsp3) is 0.378. The van der Waals surface area contributed by atoms with E-state index in [1.807, 2.05) is 38.1 Å². The lowest BCUT2D eigenvalue weighted by molar-refractivity contribution is -0.131. The van der Waals surface area contributed by atoms with Gasteiger partial charge in [0.25, 0.3) is 0 Å². The monoisotopic (exact) mass is 656 g/mol. The van der Waals surface area contributed by atoms with Gasteiger partial charge in [-0.25, -0.2) is 14.4 Å². The maximum Gasteiger partial charge on any atom is 0.407 e. The topological polar surface area (TPSA) is 177 Å². The van der Waals surface area contributed by atoms with Crippen LogP contribution in [0.4, 0.5) is 9.59 Å². The number of carboxylic acids is 1. The van der Waals surface area contributed by atoms with Crippen LogP contribution in [0.3, 0.4) is 0 Å². The lowest BCUT2D eigenvalue weighted by Crippen LogP contribution is -2.46. The first-order valence-electron chi connectivity index (χ1n) is 16.3. The quantitative estimate of drug-likeness (QED) is 0.127. The van der Waals surface area contributed by atoms with Gasteiger partial charge in [-0.1, -0.05) is 74.5 Å². The number of amides is 4. The number of carboxylic acid groups (broad SMARTS) is 1. The van der Waals surface area contributed by atoms with Crippen molar-refractivity contribution in [1.82, 2.24) is 16.0 Å². The Balaban J connectivity index is 1.28. The normalized spacial score (nSPS) is 13.1. The van der Waals surface area contributed by atoms with Crippen molar-refractivity contribution in [2.45, 2.75) is 57.9 Å². The Morgan fingerprint density at radius 2 is 1.40 bits per heavy atom. The Labute approximate surface area is 280 Å². The average molecular weight is 657 g/mol. The van der Waals surface area contributed by atoms with Crippen LogP contribution in [-0.4, -0.2) is 60.6 Å². The molecule has 3 aromatic carbocycles. The van der Waals surface area contributed by atoms with Crippen LogP contribution < -0.4 is 21.7 Å². The number of hydrogen-bond donors (Lipinski definition) is 5. The Morgan fingerprint density at radius 1 is 0.812 bits per heavy atom. The lowest BCUT2D eigenvalue weighted by Gasteiger charge is -2.24. The minimum atomic E-state index is -1.06. The van der Waals surface area contributed by atoms with Crippen molar-refractivity contribution in [3.8, 4) is 11.1 Å². The summed E-state index contributed by atoms with van der Waals surface area (Å²) in [7, 11) is 0. The van der Waals surface area contributed by atoms with Crippen LogP contribution in [0.15, 0.2) is 72.8 Å². The molecule has 0 heterocycles. The molecule has 2 atom stereocenters. The molecule has 0 aliphatic heterocycles. The van der Waals surface area contributed by atoms with E-state index in [1.54, 1.807) is 12.1 Å². The molecule has 0 spiro atoms. The van der Waals surface area contributed by atoms with Gasteiger partial charge >= 0.3 is 18.1 Å². The van der Waals surface area contributed by atoms with Crippen molar-refractivity contribution < 1.29 is 33.8 Å². The number of carbonyl (C=O) groups is 5. The number of nitrogens with two attached hydrogens (primary N) is 1. The smallest absolute Gasteiger partial charge is 0.407 e. The van der Waals surface area contributed by atoms with Gasteiger partial charge in [-0.05, 0) is 71.6 Å². The molecule has 3 aromatic rings. The van der Waals surface area contributed by atoms with Gasteiger partial charge in [-0.15, -0.1) is 0 Å². The first-order valence-corrected chi connectivity index (χ1v) is 16.3. The SMILES string of the molecule is CC(C)[C@H](CCCNC(=O)OCC1c2ccccc2-c2ccccc21)C(=O)N[C@@H](CCCNC(N)=O)C(=O)Cc1ccc(C(=O)O)cc1. The second-order valence-corrected chi connectivity index (χ2v) is 12.4. The summed E-state index contributed by atoms with van der Waals surface area (Å²) in [6.07, 6.45) is 1.19. The molecule has 0 radical (unpaired) electrons. The molecule has 48 heavy (non-hydrogen) atoms. The maximum absolute atomic E-state index is 13.5. The Hall–Kier alpha value is -5.19. The van der Waals surface area contributed by atoms with E-state index in [4.69, 9.17) is 15.6 Å². The fourth-order valence-electron chi connectivity index (χ4n) is 6.13. The lowest BCUT2D eigenvalue weighted by atomic mass is 9.89. The van der Waals surface area contributed by atoms with E-state index in [9.17, 15) is 24.0 Å². The molecule has 1 aliphatic rings. The Kier molecular flexibility index (Phi) is 12.7. The predicted octanol–water partition coefficient (Wildman–Crippen LogP) is 5.02. The maximum atomic E-state index is 13.5. The highest BCUT2D eigenvalue weighted by Crippen LogP contribution is 2.44. The highest BCUT2D eigenvalue weighted by atomic mass is 16.5. The zero-order valence-corrected chi connectivity index (χ0v) is 27.4. The third-order valence-electron chi connectivity index (χ3n) is 8.70. The van der Waals surface area contributed by atoms with Crippen LogP contribution in [0.2, 0.25) is 0 Å². The number of carbonyl (C=O) groups excluding carboxylic acids is 4. The number of primary amides is 1. The van der Waals surface area contributed by atoms with E-state index in [1.165, 1.54) is 12.1 Å². The summed E-state index contributed by atoms with van der Waals surface area (Å²) in [6, 6.07) is 20.8. The van der Waals surface area contributed by atoms with Crippen molar-refractivity contribution in [2.24, 2.45) is 17.6 Å². The second-order valence-electron chi connectivity index (χ2n) is 12.4. The number of benzene rings is 3. The second kappa shape index (κ2) is 17.1. The first-order chi connectivity index (χ1) is 23.0. The minimum absolute atomic E-state index is 0.00446. The molecule has 0 bridgehead atoms. The molecular weight excluding hydrogens is 612 g/mol. The third-order valence-corrected chi connectivity index (χ3v) is 8.70. The van der Waals surface area contributed by atoms with Crippen LogP contribution in [-0.2, 0) is 20.7 Å². The third kappa shape index (κ3) is 9.66. The van der Waals surface area contributed by atoms with Crippen LogP contribution >= 0.6 is 0 Å². The van der Waals surface area contributed by atoms with Crippen LogP contribution in [0.25, 0.3) is 11.1 Å². The average Bonchev–Trinajstić information content (AvgIpc) is 3.38. The number of ketones is 1. The zero-order valence-electron chi connectivity index (χ0n) is 27.4. The predicted molar refractivity (Wildman–Crippen MR) is 181 cm³/mol. The van der Waals surface area contributed by atoms with Crippen molar-refractivity contribution in [3.05, 3.63) is 95.1 Å². The number of hydrogen-bond acceptors (Lipinski definition) is 6. The molecule has 4 amide bonds. The summed E-state index contributed by atoms with van der Waals surface area (Å²) < 4.78 is 5.62. The number of aromatic carboxylic acids is 1. The number of rotatable bonds is 17. The van der Waals surface area contributed by atoms with Gasteiger partial charge in [0.2, 0.25) is 5.91 Å². The molecule has 0 saturated heterocycles. The molecule has 0 unspecified atom stereocenters. The van der Waals surface area contributed by atoms with Gasteiger partial charge in [0.15, 0.2) is 5.78 Å². The molecule has 254 valence electrons. The molecular formula is C37H44N4O7. The number of Topliss-reactive ketones (excluding diaryl/α,β-unsaturated/α-hetero) is 1. The van der Waals surface area contributed by atoms with Gasteiger partial charge in [-0.2, -0.15) is 0 Å². The van der Waals surface area contributed by atoms with Crippen LogP contribution in [0.5, 0.6) is 0 Å². The van der Waals surface area contributed by atoms with Gasteiger partial charge in [0.05, 0.1) is 11.6 Å². The molecule has 11 nitrogen and oxygen atoms in total. The summed E-state index contributed by atoms with van der Waals surface area (Å²) >= 11 is 0. The van der Waals surface area contributed by atoms with E-state index >= 15 is 0 Å². The minimum Gasteiger partial charge on any atom is -0.478 e. The number of ether oxygens (including phenoxy) is 1. The molecule has 0 aromatic heterocycles. The van der Waals surface area contributed by atoms with E-state index in [2.05, 4.69) is 40.2 Å². The van der Waals surface area contributed by atoms with Crippen molar-refractivity contribution >= 4 is 29.8 Å². The number of alkyl carbamates (subject to hydrolysis) is 1.